The highest BCUT2D eigenvalue weighted by molar-refractivity contribution is 5.77. The van der Waals surface area contributed by atoms with Crippen molar-refractivity contribution in [1.29, 1.82) is 0 Å². The molecule has 1 N–H and O–H groups in total. The molecule has 1 aliphatic rings. The van der Waals surface area contributed by atoms with Gasteiger partial charge in [-0.25, -0.2) is 0 Å². The Kier molecular flexibility index (Phi) is 2.84. The van der Waals surface area contributed by atoms with Gasteiger partial charge in [-0.3, -0.25) is 4.79 Å². The summed E-state index contributed by atoms with van der Waals surface area (Å²) in [5.74, 6) is -0.208. The van der Waals surface area contributed by atoms with E-state index < -0.39 is 6.61 Å². The SMILES string of the molecule is C[C@@H]1COCCN1C(=O)CO. The van der Waals surface area contributed by atoms with Gasteiger partial charge >= 0.3 is 0 Å². The summed E-state index contributed by atoms with van der Waals surface area (Å²) in [5, 5.41) is 8.57. The summed E-state index contributed by atoms with van der Waals surface area (Å²) in [6, 6.07) is 0.100. The fraction of sp³-hybridized carbons (Fsp3) is 0.857. The summed E-state index contributed by atoms with van der Waals surface area (Å²) in [5.41, 5.74) is 0. The van der Waals surface area contributed by atoms with Crippen LogP contribution < -0.4 is 0 Å². The van der Waals surface area contributed by atoms with Crippen molar-refractivity contribution in [3.05, 3.63) is 0 Å². The number of carbonyl (C=O) groups is 1. The van der Waals surface area contributed by atoms with Crippen LogP contribution in [-0.2, 0) is 9.53 Å². The number of amides is 1. The Labute approximate surface area is 65.8 Å². The molecule has 0 aromatic rings. The molecular formula is C7H13NO3. The van der Waals surface area contributed by atoms with E-state index in [1.807, 2.05) is 6.92 Å². The van der Waals surface area contributed by atoms with Crippen LogP contribution in [0.25, 0.3) is 0 Å². The largest absolute Gasteiger partial charge is 0.387 e. The zero-order valence-electron chi connectivity index (χ0n) is 6.62. The number of rotatable bonds is 1. The minimum Gasteiger partial charge on any atom is -0.387 e. The molecule has 1 rings (SSSR count). The van der Waals surface area contributed by atoms with Crippen LogP contribution in [0.1, 0.15) is 6.92 Å². The Morgan fingerprint density at radius 3 is 3.09 bits per heavy atom. The fourth-order valence-corrected chi connectivity index (χ4v) is 1.19. The molecular weight excluding hydrogens is 146 g/mol. The van der Waals surface area contributed by atoms with Crippen molar-refractivity contribution >= 4 is 5.91 Å². The second-order valence-electron chi connectivity index (χ2n) is 2.67. The van der Waals surface area contributed by atoms with E-state index in [1.165, 1.54) is 0 Å². The van der Waals surface area contributed by atoms with Crippen LogP contribution in [0.2, 0.25) is 0 Å². The van der Waals surface area contributed by atoms with Gasteiger partial charge in [-0.2, -0.15) is 0 Å². The number of aliphatic hydroxyl groups excluding tert-OH is 1. The average molecular weight is 159 g/mol. The lowest BCUT2D eigenvalue weighted by Gasteiger charge is -2.32. The number of morpholine rings is 1. The molecule has 0 bridgehead atoms. The van der Waals surface area contributed by atoms with Gasteiger partial charge in [0.25, 0.3) is 0 Å². The minimum absolute atomic E-state index is 0.100. The minimum atomic E-state index is -0.398. The number of nitrogens with zero attached hydrogens (tertiary/aromatic N) is 1. The Morgan fingerprint density at radius 1 is 1.82 bits per heavy atom. The summed E-state index contributed by atoms with van der Waals surface area (Å²) in [7, 11) is 0. The highest BCUT2D eigenvalue weighted by Gasteiger charge is 2.22. The molecule has 1 amide bonds. The van der Waals surface area contributed by atoms with E-state index in [1.54, 1.807) is 4.90 Å². The van der Waals surface area contributed by atoms with E-state index in [0.29, 0.717) is 19.8 Å². The standard InChI is InChI=1S/C7H13NO3/c1-6-5-11-3-2-8(6)7(10)4-9/h6,9H,2-5H2,1H3/t6-/m1/s1. The summed E-state index contributed by atoms with van der Waals surface area (Å²) < 4.78 is 5.13. The Morgan fingerprint density at radius 2 is 2.55 bits per heavy atom. The predicted octanol–water partition coefficient (Wildman–Crippen LogP) is -0.774. The first-order valence-electron chi connectivity index (χ1n) is 3.73. The first-order valence-corrected chi connectivity index (χ1v) is 3.73. The van der Waals surface area contributed by atoms with Crippen molar-refractivity contribution in [1.82, 2.24) is 4.90 Å². The molecule has 1 atom stereocenters. The van der Waals surface area contributed by atoms with Crippen molar-refractivity contribution in [2.75, 3.05) is 26.4 Å². The van der Waals surface area contributed by atoms with E-state index in [2.05, 4.69) is 0 Å². The van der Waals surface area contributed by atoms with Gasteiger partial charge in [0.1, 0.15) is 6.61 Å². The second kappa shape index (κ2) is 3.69. The Bertz CT molecular complexity index is 149. The number of hydrogen-bond donors (Lipinski definition) is 1. The first-order chi connectivity index (χ1) is 5.25. The van der Waals surface area contributed by atoms with Crippen LogP contribution in [0.5, 0.6) is 0 Å². The predicted molar refractivity (Wildman–Crippen MR) is 39.1 cm³/mol. The van der Waals surface area contributed by atoms with Crippen molar-refractivity contribution < 1.29 is 14.6 Å². The van der Waals surface area contributed by atoms with E-state index in [-0.39, 0.29) is 11.9 Å². The van der Waals surface area contributed by atoms with E-state index in [0.717, 1.165) is 0 Å². The summed E-state index contributed by atoms with van der Waals surface area (Å²) in [4.78, 5) is 12.6. The molecule has 0 spiro atoms. The third-order valence-corrected chi connectivity index (χ3v) is 1.82. The average Bonchev–Trinajstić information content (AvgIpc) is 2.04. The van der Waals surface area contributed by atoms with E-state index >= 15 is 0 Å². The molecule has 1 aliphatic heterocycles. The van der Waals surface area contributed by atoms with Gasteiger partial charge in [-0.15, -0.1) is 0 Å². The topological polar surface area (TPSA) is 49.8 Å². The molecule has 0 aromatic carbocycles. The van der Waals surface area contributed by atoms with Crippen LogP contribution >= 0.6 is 0 Å². The maximum absolute atomic E-state index is 11.0. The van der Waals surface area contributed by atoms with Gasteiger partial charge in [-0.1, -0.05) is 0 Å². The lowest BCUT2D eigenvalue weighted by atomic mass is 10.2. The van der Waals surface area contributed by atoms with Gasteiger partial charge in [0.15, 0.2) is 0 Å². The molecule has 1 fully saturated rings. The smallest absolute Gasteiger partial charge is 0.248 e. The lowest BCUT2D eigenvalue weighted by molar-refractivity contribution is -0.142. The molecule has 0 saturated carbocycles. The highest BCUT2D eigenvalue weighted by atomic mass is 16.5. The van der Waals surface area contributed by atoms with E-state index in [9.17, 15) is 4.79 Å². The maximum Gasteiger partial charge on any atom is 0.248 e. The lowest BCUT2D eigenvalue weighted by Crippen LogP contribution is -2.48. The van der Waals surface area contributed by atoms with Crippen LogP contribution in [0.4, 0.5) is 0 Å². The zero-order chi connectivity index (χ0) is 8.27. The number of aliphatic hydroxyl groups is 1. The van der Waals surface area contributed by atoms with Crippen LogP contribution in [-0.4, -0.2) is 48.3 Å². The van der Waals surface area contributed by atoms with Crippen molar-refractivity contribution in [3.63, 3.8) is 0 Å². The molecule has 0 aliphatic carbocycles. The molecule has 4 heteroatoms. The number of carbonyl (C=O) groups excluding carboxylic acids is 1. The molecule has 1 saturated heterocycles. The molecule has 0 aromatic heterocycles. The Hall–Kier alpha value is -0.610. The van der Waals surface area contributed by atoms with Crippen LogP contribution in [0.15, 0.2) is 0 Å². The van der Waals surface area contributed by atoms with Crippen molar-refractivity contribution in [2.24, 2.45) is 0 Å². The molecule has 0 radical (unpaired) electrons. The monoisotopic (exact) mass is 159 g/mol. The highest BCUT2D eigenvalue weighted by Crippen LogP contribution is 2.05. The van der Waals surface area contributed by atoms with Crippen molar-refractivity contribution in [2.45, 2.75) is 13.0 Å². The molecule has 1 heterocycles. The molecule has 0 unspecified atom stereocenters. The zero-order valence-corrected chi connectivity index (χ0v) is 6.62. The van der Waals surface area contributed by atoms with Gasteiger partial charge < -0.3 is 14.7 Å². The summed E-state index contributed by atoms with van der Waals surface area (Å²) in [6.07, 6.45) is 0. The Balaban J connectivity index is 2.47. The van der Waals surface area contributed by atoms with Crippen LogP contribution in [0, 0.1) is 0 Å². The first kappa shape index (κ1) is 8.49. The van der Waals surface area contributed by atoms with Gasteiger partial charge in [-0.05, 0) is 6.92 Å². The maximum atomic E-state index is 11.0. The fourth-order valence-electron chi connectivity index (χ4n) is 1.19. The summed E-state index contributed by atoms with van der Waals surface area (Å²) >= 11 is 0. The van der Waals surface area contributed by atoms with Crippen LogP contribution in [0.3, 0.4) is 0 Å². The summed E-state index contributed by atoms with van der Waals surface area (Å²) in [6.45, 7) is 3.26. The third kappa shape index (κ3) is 1.91. The van der Waals surface area contributed by atoms with Crippen molar-refractivity contribution in [3.8, 4) is 0 Å². The normalized spacial score (nSPS) is 25.3. The number of hydrogen-bond acceptors (Lipinski definition) is 3. The molecule has 64 valence electrons. The van der Waals surface area contributed by atoms with E-state index in [4.69, 9.17) is 9.84 Å². The van der Waals surface area contributed by atoms with Gasteiger partial charge in [0.05, 0.1) is 19.3 Å². The quantitative estimate of drug-likeness (QED) is 0.546. The number of ether oxygens (including phenoxy) is 1. The second-order valence-corrected chi connectivity index (χ2v) is 2.67. The van der Waals surface area contributed by atoms with Gasteiger partial charge in [0, 0.05) is 6.54 Å². The molecule has 4 nitrogen and oxygen atoms in total. The third-order valence-electron chi connectivity index (χ3n) is 1.82. The van der Waals surface area contributed by atoms with Gasteiger partial charge in [0.2, 0.25) is 5.91 Å². The molecule has 11 heavy (non-hydrogen) atoms.